The van der Waals surface area contributed by atoms with E-state index in [-0.39, 0.29) is 16.5 Å². The second-order valence-electron chi connectivity index (χ2n) is 6.49. The van der Waals surface area contributed by atoms with Gasteiger partial charge in [0.15, 0.2) is 0 Å². The lowest BCUT2D eigenvalue weighted by atomic mass is 10.1. The van der Waals surface area contributed by atoms with E-state index in [0.717, 1.165) is 5.56 Å². The van der Waals surface area contributed by atoms with Crippen LogP contribution in [0.25, 0.3) is 0 Å². The van der Waals surface area contributed by atoms with E-state index in [4.69, 9.17) is 11.6 Å². The number of ether oxygens (including phenoxy) is 1. The number of methoxy groups -OCH3 is 1. The molecule has 0 saturated carbocycles. The Morgan fingerprint density at radius 2 is 1.53 bits per heavy atom. The van der Waals surface area contributed by atoms with Crippen LogP contribution in [-0.2, 0) is 4.74 Å². The summed E-state index contributed by atoms with van der Waals surface area (Å²) in [7, 11) is 1.25. The van der Waals surface area contributed by atoms with E-state index < -0.39 is 11.9 Å². The molecule has 2 N–H and O–H groups in total. The molecular weight excluding hydrogens is 404 g/mol. The molecule has 3 rings (SSSR count). The summed E-state index contributed by atoms with van der Waals surface area (Å²) in [6, 6.07) is 18.3. The Morgan fingerprint density at radius 3 is 2.23 bits per heavy atom. The maximum atomic E-state index is 12.7. The Kier molecular flexibility index (Phi) is 6.49. The summed E-state index contributed by atoms with van der Waals surface area (Å²) in [4.78, 5) is 36.9. The molecule has 0 aliphatic heterocycles. The summed E-state index contributed by atoms with van der Waals surface area (Å²) in [6.45, 7) is 1.84. The van der Waals surface area contributed by atoms with E-state index >= 15 is 0 Å². The van der Waals surface area contributed by atoms with Crippen LogP contribution >= 0.6 is 11.6 Å². The lowest BCUT2D eigenvalue weighted by Gasteiger charge is -2.12. The molecule has 0 unspecified atom stereocenters. The number of hydrogen-bond acceptors (Lipinski definition) is 4. The monoisotopic (exact) mass is 422 g/mol. The first-order valence-corrected chi connectivity index (χ1v) is 9.43. The van der Waals surface area contributed by atoms with Crippen molar-refractivity contribution in [3.05, 3.63) is 94.0 Å². The standard InChI is InChI=1S/C23H19ClN2O4/c1-14-8-9-16(12-20(14)26-21(27)15-6-4-3-5-7-15)22(28)25-17-10-11-19(24)18(13-17)23(29)30-2/h3-13H,1-2H3,(H,25,28)(H,26,27). The molecule has 0 bridgehead atoms. The molecule has 0 aromatic heterocycles. The van der Waals surface area contributed by atoms with Crippen molar-refractivity contribution in [1.29, 1.82) is 0 Å². The number of esters is 1. The fourth-order valence-electron chi connectivity index (χ4n) is 2.75. The van der Waals surface area contributed by atoms with Crippen molar-refractivity contribution < 1.29 is 19.1 Å². The molecule has 152 valence electrons. The summed E-state index contributed by atoms with van der Waals surface area (Å²) in [5, 5.41) is 5.77. The maximum absolute atomic E-state index is 12.7. The third-order valence-electron chi connectivity index (χ3n) is 4.41. The van der Waals surface area contributed by atoms with Gasteiger partial charge < -0.3 is 15.4 Å². The number of anilines is 2. The van der Waals surface area contributed by atoms with Gasteiger partial charge in [-0.1, -0.05) is 35.9 Å². The van der Waals surface area contributed by atoms with Gasteiger partial charge in [0.25, 0.3) is 11.8 Å². The molecule has 0 aliphatic carbocycles. The van der Waals surface area contributed by atoms with Crippen LogP contribution in [0.5, 0.6) is 0 Å². The van der Waals surface area contributed by atoms with Crippen LogP contribution in [0.15, 0.2) is 66.7 Å². The summed E-state index contributed by atoms with van der Waals surface area (Å²) in [5.74, 6) is -1.27. The Balaban J connectivity index is 1.80. The van der Waals surface area contributed by atoms with E-state index in [1.54, 1.807) is 48.5 Å². The number of halogens is 1. The minimum absolute atomic E-state index is 0.150. The van der Waals surface area contributed by atoms with Crippen LogP contribution in [0.1, 0.15) is 36.6 Å². The Bertz CT molecular complexity index is 1110. The summed E-state index contributed by atoms with van der Waals surface area (Å²) in [5.41, 5.74) is 2.75. The first kappa shape index (κ1) is 21.1. The predicted octanol–water partition coefficient (Wildman–Crippen LogP) is 4.94. The number of aryl methyl sites for hydroxylation is 1. The molecule has 6 nitrogen and oxygen atoms in total. The summed E-state index contributed by atoms with van der Waals surface area (Å²) in [6.07, 6.45) is 0. The van der Waals surface area contributed by atoms with E-state index in [1.807, 2.05) is 13.0 Å². The molecule has 0 aliphatic rings. The molecular formula is C23H19ClN2O4. The fourth-order valence-corrected chi connectivity index (χ4v) is 2.95. The van der Waals surface area contributed by atoms with Gasteiger partial charge in [0.2, 0.25) is 0 Å². The van der Waals surface area contributed by atoms with E-state index in [2.05, 4.69) is 15.4 Å². The van der Waals surface area contributed by atoms with Crippen LogP contribution in [0, 0.1) is 6.92 Å². The molecule has 0 fully saturated rings. The lowest BCUT2D eigenvalue weighted by molar-refractivity contribution is 0.0600. The summed E-state index contributed by atoms with van der Waals surface area (Å²) >= 11 is 6.01. The van der Waals surface area contributed by atoms with Gasteiger partial charge in [0, 0.05) is 22.5 Å². The van der Waals surface area contributed by atoms with Crippen LogP contribution in [-0.4, -0.2) is 24.9 Å². The van der Waals surface area contributed by atoms with Crippen molar-refractivity contribution in [2.24, 2.45) is 0 Å². The van der Waals surface area contributed by atoms with Gasteiger partial charge >= 0.3 is 5.97 Å². The molecule has 0 spiro atoms. The average Bonchev–Trinajstić information content (AvgIpc) is 2.76. The van der Waals surface area contributed by atoms with Gasteiger partial charge in [0.05, 0.1) is 17.7 Å². The van der Waals surface area contributed by atoms with Crippen molar-refractivity contribution in [3.63, 3.8) is 0 Å². The average molecular weight is 423 g/mol. The predicted molar refractivity (Wildman–Crippen MR) is 116 cm³/mol. The highest BCUT2D eigenvalue weighted by molar-refractivity contribution is 6.33. The van der Waals surface area contributed by atoms with E-state index in [1.165, 1.54) is 19.2 Å². The Labute approximate surface area is 178 Å². The van der Waals surface area contributed by atoms with Crippen LogP contribution in [0.2, 0.25) is 5.02 Å². The zero-order valence-electron chi connectivity index (χ0n) is 16.4. The van der Waals surface area contributed by atoms with Crippen molar-refractivity contribution in [2.45, 2.75) is 6.92 Å². The minimum Gasteiger partial charge on any atom is -0.465 e. The first-order valence-electron chi connectivity index (χ1n) is 9.05. The normalized spacial score (nSPS) is 10.2. The van der Waals surface area contributed by atoms with Crippen LogP contribution in [0.3, 0.4) is 0 Å². The molecule has 2 amide bonds. The largest absolute Gasteiger partial charge is 0.465 e. The number of hydrogen-bond donors (Lipinski definition) is 2. The molecule has 3 aromatic carbocycles. The van der Waals surface area contributed by atoms with Crippen molar-refractivity contribution in [3.8, 4) is 0 Å². The zero-order valence-corrected chi connectivity index (χ0v) is 17.1. The molecule has 0 radical (unpaired) electrons. The highest BCUT2D eigenvalue weighted by Crippen LogP contribution is 2.23. The molecule has 0 heterocycles. The smallest absolute Gasteiger partial charge is 0.339 e. The molecule has 30 heavy (non-hydrogen) atoms. The third kappa shape index (κ3) is 4.85. The Morgan fingerprint density at radius 1 is 0.833 bits per heavy atom. The topological polar surface area (TPSA) is 84.5 Å². The SMILES string of the molecule is COC(=O)c1cc(NC(=O)c2ccc(C)c(NC(=O)c3ccccc3)c2)ccc1Cl. The number of carbonyl (C=O) groups is 3. The van der Waals surface area contributed by atoms with Gasteiger partial charge in [-0.05, 0) is 55.0 Å². The zero-order chi connectivity index (χ0) is 21.7. The highest BCUT2D eigenvalue weighted by atomic mass is 35.5. The van der Waals surface area contributed by atoms with Gasteiger partial charge in [-0.15, -0.1) is 0 Å². The number of carbonyl (C=O) groups excluding carboxylic acids is 3. The molecule has 7 heteroatoms. The highest BCUT2D eigenvalue weighted by Gasteiger charge is 2.15. The number of nitrogens with one attached hydrogen (secondary N) is 2. The number of amides is 2. The van der Waals surface area contributed by atoms with E-state index in [9.17, 15) is 14.4 Å². The van der Waals surface area contributed by atoms with Gasteiger partial charge in [-0.3, -0.25) is 9.59 Å². The van der Waals surface area contributed by atoms with Crippen LogP contribution < -0.4 is 10.6 Å². The Hall–Kier alpha value is -3.64. The van der Waals surface area contributed by atoms with Crippen LogP contribution in [0.4, 0.5) is 11.4 Å². The molecule has 3 aromatic rings. The minimum atomic E-state index is -0.600. The quantitative estimate of drug-likeness (QED) is 0.570. The molecule has 0 atom stereocenters. The number of rotatable bonds is 5. The second kappa shape index (κ2) is 9.24. The van der Waals surface area contributed by atoms with E-state index in [0.29, 0.717) is 22.5 Å². The van der Waals surface area contributed by atoms with Gasteiger partial charge in [-0.2, -0.15) is 0 Å². The second-order valence-corrected chi connectivity index (χ2v) is 6.90. The summed E-state index contributed by atoms with van der Waals surface area (Å²) < 4.78 is 4.69. The molecule has 0 saturated heterocycles. The van der Waals surface area contributed by atoms with Gasteiger partial charge in [0.1, 0.15) is 0 Å². The lowest BCUT2D eigenvalue weighted by Crippen LogP contribution is -2.16. The first-order chi connectivity index (χ1) is 14.4. The fraction of sp³-hybridized carbons (Fsp3) is 0.0870. The van der Waals surface area contributed by atoms with Gasteiger partial charge in [-0.25, -0.2) is 4.79 Å². The van der Waals surface area contributed by atoms with Crippen molar-refractivity contribution in [1.82, 2.24) is 0 Å². The van der Waals surface area contributed by atoms with Crippen molar-refractivity contribution in [2.75, 3.05) is 17.7 Å². The number of benzene rings is 3. The maximum Gasteiger partial charge on any atom is 0.339 e. The third-order valence-corrected chi connectivity index (χ3v) is 4.74. The van der Waals surface area contributed by atoms with Crippen molar-refractivity contribution >= 4 is 40.8 Å².